The van der Waals surface area contributed by atoms with Crippen molar-refractivity contribution in [2.45, 2.75) is 38.4 Å². The van der Waals surface area contributed by atoms with E-state index in [-0.39, 0.29) is 17.5 Å². The summed E-state index contributed by atoms with van der Waals surface area (Å²) in [5, 5.41) is 7.92. The zero-order chi connectivity index (χ0) is 26.3. The summed E-state index contributed by atoms with van der Waals surface area (Å²) < 4.78 is 41.7. The maximum absolute atomic E-state index is 13.2. The van der Waals surface area contributed by atoms with Crippen LogP contribution < -0.4 is 10.6 Å². The molecule has 1 aliphatic heterocycles. The van der Waals surface area contributed by atoms with Crippen LogP contribution >= 0.6 is 0 Å². The minimum absolute atomic E-state index is 0.0420. The molecule has 0 unspecified atom stereocenters. The molecular formula is C26H31F3N5O3+. The van der Waals surface area contributed by atoms with Gasteiger partial charge >= 0.3 is 11.9 Å². The number of rotatable bonds is 4. The molecule has 5 rings (SSSR count). The fourth-order valence-corrected chi connectivity index (χ4v) is 5.62. The molecule has 1 saturated carbocycles. The Morgan fingerprint density at radius 1 is 1.03 bits per heavy atom. The van der Waals surface area contributed by atoms with Crippen molar-refractivity contribution < 1.29 is 23.1 Å². The van der Waals surface area contributed by atoms with Gasteiger partial charge < -0.3 is 14.9 Å². The number of nitrogens with zero attached hydrogens (tertiary/aromatic N) is 5. The molecule has 198 valence electrons. The predicted octanol–water partition coefficient (Wildman–Crippen LogP) is 3.35. The third-order valence-electron chi connectivity index (χ3n) is 7.78. The second kappa shape index (κ2) is 9.75. The Balaban J connectivity index is 1.14. The molecule has 0 atom stereocenters. The van der Waals surface area contributed by atoms with Crippen LogP contribution in [0.4, 0.5) is 18.9 Å². The van der Waals surface area contributed by atoms with Gasteiger partial charge in [-0.3, -0.25) is 13.9 Å². The monoisotopic (exact) mass is 518 g/mol. The van der Waals surface area contributed by atoms with Gasteiger partial charge in [0.15, 0.2) is 0 Å². The van der Waals surface area contributed by atoms with Crippen molar-refractivity contribution in [3.63, 3.8) is 0 Å². The Bertz CT molecular complexity index is 1330. The lowest BCUT2D eigenvalue weighted by atomic mass is 9.81. The molecule has 1 aliphatic carbocycles. The lowest BCUT2D eigenvalue weighted by Gasteiger charge is -2.38. The third-order valence-corrected chi connectivity index (χ3v) is 7.78. The molecule has 3 aromatic rings. The highest BCUT2D eigenvalue weighted by Crippen LogP contribution is 2.33. The molecule has 2 fully saturated rings. The van der Waals surface area contributed by atoms with Gasteiger partial charge in [0, 0.05) is 51.8 Å². The van der Waals surface area contributed by atoms with Crippen molar-refractivity contribution in [3.05, 3.63) is 52.7 Å². The molecule has 2 aromatic heterocycles. The normalized spacial score (nSPS) is 21.0. The number of fused-ring (bicyclic) bond motifs is 1. The van der Waals surface area contributed by atoms with E-state index in [1.165, 1.54) is 12.3 Å². The van der Waals surface area contributed by atoms with Gasteiger partial charge in [0.25, 0.3) is 5.75 Å². The quantitative estimate of drug-likeness (QED) is 0.496. The van der Waals surface area contributed by atoms with Crippen LogP contribution in [-0.2, 0) is 24.6 Å². The second-order valence-electron chi connectivity index (χ2n) is 10.1. The largest absolute Gasteiger partial charge is 0.593 e. The van der Waals surface area contributed by atoms with Crippen LogP contribution in [0, 0.1) is 11.8 Å². The van der Waals surface area contributed by atoms with Crippen molar-refractivity contribution >= 4 is 22.6 Å². The molecule has 11 heteroatoms. The van der Waals surface area contributed by atoms with Crippen LogP contribution in [-0.4, -0.2) is 56.2 Å². The highest BCUT2D eigenvalue weighted by atomic mass is 19.4. The Morgan fingerprint density at radius 2 is 1.73 bits per heavy atom. The van der Waals surface area contributed by atoms with Crippen molar-refractivity contribution in [2.75, 3.05) is 31.1 Å². The average Bonchev–Trinajstić information content (AvgIpc) is 3.12. The number of pyridine rings is 1. The fourth-order valence-electron chi connectivity index (χ4n) is 5.62. The minimum Gasteiger partial charge on any atom is -0.593 e. The first-order chi connectivity index (χ1) is 17.6. The summed E-state index contributed by atoms with van der Waals surface area (Å²) in [5.41, 5.74) is 1.23. The summed E-state index contributed by atoms with van der Waals surface area (Å²) in [6.07, 6.45) is 0.0478. The number of hydrogen-bond acceptors (Lipinski definition) is 4. The minimum atomic E-state index is -4.46. The van der Waals surface area contributed by atoms with Crippen LogP contribution in [0.3, 0.4) is 0 Å². The van der Waals surface area contributed by atoms with Gasteiger partial charge in [0.05, 0.1) is 29.0 Å². The van der Waals surface area contributed by atoms with Gasteiger partial charge in [-0.25, -0.2) is 9.78 Å². The Kier molecular flexibility index (Phi) is 6.63. The van der Waals surface area contributed by atoms with Crippen molar-refractivity contribution in [1.29, 1.82) is 0 Å². The summed E-state index contributed by atoms with van der Waals surface area (Å²) in [6.45, 7) is 2.74. The second-order valence-corrected chi connectivity index (χ2v) is 10.1. The smallest absolute Gasteiger partial charge is 0.433 e. The first-order valence-electron chi connectivity index (χ1n) is 12.6. The van der Waals surface area contributed by atoms with Crippen LogP contribution in [0.2, 0.25) is 0 Å². The Morgan fingerprint density at radius 3 is 2.35 bits per heavy atom. The number of aromatic nitrogens is 3. The number of carbonyl (C=O) groups is 1. The molecule has 0 spiro atoms. The van der Waals surface area contributed by atoms with Gasteiger partial charge in [0.2, 0.25) is 5.91 Å². The molecule has 8 nitrogen and oxygen atoms in total. The van der Waals surface area contributed by atoms with E-state index >= 15 is 0 Å². The highest BCUT2D eigenvalue weighted by molar-refractivity contribution is 5.79. The molecule has 1 saturated heterocycles. The molecule has 1 aromatic carbocycles. The van der Waals surface area contributed by atoms with E-state index < -0.39 is 11.9 Å². The van der Waals surface area contributed by atoms with E-state index in [2.05, 4.69) is 4.98 Å². The summed E-state index contributed by atoms with van der Waals surface area (Å²) in [6, 6.07) is 7.64. The number of alkyl halides is 3. The fraction of sp³-hybridized carbons (Fsp3) is 0.500. The van der Waals surface area contributed by atoms with Gasteiger partial charge in [-0.05, 0) is 49.8 Å². The Labute approximate surface area is 211 Å². The number of carbonyl (C=O) groups excluding carboxylic acids is 1. The molecule has 37 heavy (non-hydrogen) atoms. The number of aryl methyl sites for hydroxylation is 1. The molecule has 3 heterocycles. The first kappa shape index (κ1) is 25.2. The van der Waals surface area contributed by atoms with Crippen molar-refractivity contribution in [2.24, 2.45) is 18.9 Å². The number of anilines is 1. The zero-order valence-corrected chi connectivity index (χ0v) is 20.7. The average molecular weight is 519 g/mol. The standard InChI is InChI=1S/C26H30F3N5O3/c1-31-21-8-7-20(35)14-22(21)34(25(31)37)16-17-2-4-18(5-3-17)24(36)33-12-10-32(11-13-33)19-6-9-23(30-15-19)26(27,28)29/h6-9,14-15,17-18,35H,2-5,10-13,16H2,1H3/p+1. The Hall–Kier alpha value is -3.50. The predicted molar refractivity (Wildman–Crippen MR) is 134 cm³/mol. The maximum Gasteiger partial charge on any atom is 0.433 e. The van der Waals surface area contributed by atoms with E-state index in [9.17, 15) is 22.8 Å². The first-order valence-corrected chi connectivity index (χ1v) is 12.6. The molecule has 2 N–H and O–H groups in total. The zero-order valence-electron chi connectivity index (χ0n) is 20.7. The molecule has 0 radical (unpaired) electrons. The highest BCUT2D eigenvalue weighted by Gasteiger charge is 2.34. The number of benzene rings is 1. The number of halogens is 3. The summed E-state index contributed by atoms with van der Waals surface area (Å²) in [4.78, 5) is 33.3. The van der Waals surface area contributed by atoms with E-state index in [4.69, 9.17) is 5.11 Å². The maximum atomic E-state index is 13.2. The van der Waals surface area contributed by atoms with E-state index in [0.29, 0.717) is 50.1 Å². The van der Waals surface area contributed by atoms with E-state index in [1.54, 1.807) is 34.4 Å². The van der Waals surface area contributed by atoms with Crippen molar-refractivity contribution in [1.82, 2.24) is 19.0 Å². The molecular weight excluding hydrogens is 487 g/mol. The van der Waals surface area contributed by atoms with E-state index in [0.717, 1.165) is 42.8 Å². The van der Waals surface area contributed by atoms with Gasteiger partial charge in [-0.15, -0.1) is 0 Å². The van der Waals surface area contributed by atoms with Crippen LogP contribution in [0.25, 0.3) is 11.0 Å². The van der Waals surface area contributed by atoms with Crippen molar-refractivity contribution in [3.8, 4) is 5.75 Å². The number of piperazine rings is 1. The summed E-state index contributed by atoms with van der Waals surface area (Å²) >= 11 is 0. The summed E-state index contributed by atoms with van der Waals surface area (Å²) in [5.74, 6) is 0.769. The SMILES string of the molecule is Cn1c(=O)n(CC2CCC(C(=O)N3CCN(c4ccc(C(F)(F)F)nc4)CC3)CC2)c2cc([OH2+])ccc21. The lowest BCUT2D eigenvalue weighted by molar-refractivity contribution is -0.141. The number of amides is 1. The van der Waals surface area contributed by atoms with Crippen LogP contribution in [0.1, 0.15) is 31.4 Å². The molecule has 1 amide bonds. The van der Waals surface area contributed by atoms with Crippen LogP contribution in [0.15, 0.2) is 41.3 Å². The molecule has 0 bridgehead atoms. The number of hydrogen-bond donors (Lipinski definition) is 0. The molecule has 2 aliphatic rings. The third kappa shape index (κ3) is 5.03. The van der Waals surface area contributed by atoms with Crippen LogP contribution in [0.5, 0.6) is 5.75 Å². The van der Waals surface area contributed by atoms with Gasteiger partial charge in [0.1, 0.15) is 5.69 Å². The number of imidazole rings is 1. The topological polar surface area (TPSA) is 86.3 Å². The van der Waals surface area contributed by atoms with Gasteiger partial charge in [-0.1, -0.05) is 0 Å². The lowest BCUT2D eigenvalue weighted by Crippen LogP contribution is -2.50. The van der Waals surface area contributed by atoms with Gasteiger partial charge in [-0.2, -0.15) is 13.2 Å². The van der Waals surface area contributed by atoms with E-state index in [1.807, 2.05) is 9.80 Å². The summed E-state index contributed by atoms with van der Waals surface area (Å²) in [7, 11) is 1.74.